The zero-order valence-electron chi connectivity index (χ0n) is 12.9. The highest BCUT2D eigenvalue weighted by Gasteiger charge is 2.10. The van der Waals surface area contributed by atoms with Gasteiger partial charge in [0.15, 0.2) is 0 Å². The maximum Gasteiger partial charge on any atom is 0.259 e. The number of carbonyl (C=O) groups excluding carboxylic acids is 1. The molecule has 0 spiro atoms. The summed E-state index contributed by atoms with van der Waals surface area (Å²) in [5.74, 6) is 0.648. The molecule has 3 N–H and O–H groups in total. The molecule has 1 amide bonds. The number of phenolic OH excluding ortho intramolecular Hbond substituents is 1. The van der Waals surface area contributed by atoms with E-state index in [-0.39, 0.29) is 17.2 Å². The van der Waals surface area contributed by atoms with Gasteiger partial charge in [-0.15, -0.1) is 0 Å². The van der Waals surface area contributed by atoms with Crippen LogP contribution in [0, 0.1) is 0 Å². The molecule has 0 saturated heterocycles. The van der Waals surface area contributed by atoms with Gasteiger partial charge in [-0.25, -0.2) is 5.32 Å². The Morgan fingerprint density at radius 2 is 1.50 bits per heavy atom. The van der Waals surface area contributed by atoms with Gasteiger partial charge in [0.05, 0.1) is 19.7 Å². The first-order valence-electron chi connectivity index (χ1n) is 6.94. The van der Waals surface area contributed by atoms with Gasteiger partial charge in [0.2, 0.25) is 5.84 Å². The van der Waals surface area contributed by atoms with Crippen LogP contribution in [-0.2, 0) is 0 Å². The first kappa shape index (κ1) is 15.6. The van der Waals surface area contributed by atoms with Crippen LogP contribution in [0.5, 0.6) is 5.75 Å². The highest BCUT2D eigenvalue weighted by Crippen LogP contribution is 2.19. The molecule has 0 bridgehead atoms. The van der Waals surface area contributed by atoms with E-state index in [4.69, 9.17) is 0 Å². The average Bonchev–Trinajstić information content (AvgIpc) is 2.49. The molecule has 2 aromatic rings. The van der Waals surface area contributed by atoms with Crippen LogP contribution in [0.2, 0.25) is 0 Å². The summed E-state index contributed by atoms with van der Waals surface area (Å²) in [5.41, 5.74) is 1.86. The van der Waals surface area contributed by atoms with Crippen molar-refractivity contribution in [2.45, 2.75) is 6.92 Å². The monoisotopic (exact) mass is 298 g/mol. The number of hydrogen-bond acceptors (Lipinski definition) is 2. The van der Waals surface area contributed by atoms with E-state index in [2.05, 4.69) is 10.6 Å². The molecule has 0 aliphatic rings. The number of rotatable bonds is 3. The number of nitrogens with zero attached hydrogens (tertiary/aromatic N) is 1. The summed E-state index contributed by atoms with van der Waals surface area (Å²) in [4.78, 5) is 12.1. The van der Waals surface area contributed by atoms with Crippen LogP contribution in [0.15, 0.2) is 48.5 Å². The van der Waals surface area contributed by atoms with Gasteiger partial charge in [-0.1, -0.05) is 12.1 Å². The second-order valence-electron chi connectivity index (χ2n) is 5.15. The molecule has 0 heterocycles. The van der Waals surface area contributed by atoms with Crippen molar-refractivity contribution in [1.82, 2.24) is 0 Å². The summed E-state index contributed by atoms with van der Waals surface area (Å²) >= 11 is 0. The van der Waals surface area contributed by atoms with E-state index in [1.807, 2.05) is 49.9 Å². The molecule has 114 valence electrons. The van der Waals surface area contributed by atoms with E-state index < -0.39 is 0 Å². The molecule has 0 aliphatic heterocycles. The molecule has 0 saturated carbocycles. The number of para-hydroxylation sites is 1. The highest BCUT2D eigenvalue weighted by molar-refractivity contribution is 6.06. The third kappa shape index (κ3) is 3.85. The van der Waals surface area contributed by atoms with Gasteiger partial charge < -0.3 is 10.4 Å². The maximum absolute atomic E-state index is 12.1. The lowest BCUT2D eigenvalue weighted by molar-refractivity contribution is -0.464. The minimum absolute atomic E-state index is 0.0329. The molecule has 0 aromatic heterocycles. The van der Waals surface area contributed by atoms with Gasteiger partial charge in [0.25, 0.3) is 5.91 Å². The fourth-order valence-electron chi connectivity index (χ4n) is 1.82. The van der Waals surface area contributed by atoms with Crippen LogP contribution >= 0.6 is 0 Å². The van der Waals surface area contributed by atoms with Crippen molar-refractivity contribution < 1.29 is 14.5 Å². The quantitative estimate of drug-likeness (QED) is 0.464. The lowest BCUT2D eigenvalue weighted by Crippen LogP contribution is -2.18. The average molecular weight is 298 g/mol. The van der Waals surface area contributed by atoms with Crippen molar-refractivity contribution >= 4 is 23.1 Å². The summed E-state index contributed by atoms with van der Waals surface area (Å²) in [6.45, 7) is 1.98. The number of amides is 1. The standard InChI is InChI=1S/C17H19N3O2/c1-12(20(2)3)18-13-8-10-14(11-9-13)19-17(22)15-6-4-5-7-16(15)21/h4-11H,1-3H3,(H2,19,21,22)/p+1. The minimum Gasteiger partial charge on any atom is -0.507 e. The number of amidine groups is 1. The smallest absolute Gasteiger partial charge is 0.259 e. The Labute approximate surface area is 129 Å². The summed E-state index contributed by atoms with van der Waals surface area (Å²) < 4.78 is 1.98. The number of benzene rings is 2. The number of nitrogens with one attached hydrogen (secondary N) is 2. The Morgan fingerprint density at radius 3 is 2.05 bits per heavy atom. The lowest BCUT2D eigenvalue weighted by atomic mass is 10.2. The third-order valence-corrected chi connectivity index (χ3v) is 3.29. The second kappa shape index (κ2) is 6.76. The van der Waals surface area contributed by atoms with Gasteiger partial charge >= 0.3 is 0 Å². The number of phenols is 1. The van der Waals surface area contributed by atoms with E-state index in [9.17, 15) is 9.90 Å². The topological polar surface area (TPSA) is 64.4 Å². The zero-order chi connectivity index (χ0) is 16.1. The predicted molar refractivity (Wildman–Crippen MR) is 88.9 cm³/mol. The molecule has 0 unspecified atom stereocenters. The number of hydrogen-bond donors (Lipinski definition) is 3. The Balaban J connectivity index is 2.07. The van der Waals surface area contributed by atoms with E-state index in [1.54, 1.807) is 18.2 Å². The van der Waals surface area contributed by atoms with Crippen LogP contribution in [0.3, 0.4) is 0 Å². The summed E-state index contributed by atoms with van der Waals surface area (Å²) in [7, 11) is 3.92. The van der Waals surface area contributed by atoms with E-state index >= 15 is 0 Å². The molecule has 0 fully saturated rings. The highest BCUT2D eigenvalue weighted by atomic mass is 16.3. The lowest BCUT2D eigenvalue weighted by Gasteiger charge is -2.07. The molecule has 5 heteroatoms. The van der Waals surface area contributed by atoms with E-state index in [1.165, 1.54) is 6.07 Å². The Bertz CT molecular complexity index is 702. The van der Waals surface area contributed by atoms with Crippen molar-refractivity contribution in [2.75, 3.05) is 24.7 Å². The molecule has 22 heavy (non-hydrogen) atoms. The molecular formula is C17H20N3O2+. The normalized spacial score (nSPS) is 9.95. The summed E-state index contributed by atoms with van der Waals surface area (Å²) in [6.07, 6.45) is 0. The number of carbonyl (C=O) groups is 1. The van der Waals surface area contributed by atoms with Gasteiger partial charge in [0.1, 0.15) is 11.4 Å². The molecule has 5 nitrogen and oxygen atoms in total. The SMILES string of the molecule is CC(Nc1ccc(NC(=O)c2ccccc2O)cc1)=[N+](C)C. The molecule has 0 atom stereocenters. The third-order valence-electron chi connectivity index (χ3n) is 3.29. The molecular weight excluding hydrogens is 278 g/mol. The maximum atomic E-state index is 12.1. The van der Waals surface area contributed by atoms with Crippen LogP contribution in [-0.4, -0.2) is 35.5 Å². The first-order valence-corrected chi connectivity index (χ1v) is 6.94. The van der Waals surface area contributed by atoms with Crippen molar-refractivity contribution in [3.05, 3.63) is 54.1 Å². The Kier molecular flexibility index (Phi) is 4.78. The number of aromatic hydroxyl groups is 1. The Morgan fingerprint density at radius 1 is 0.955 bits per heavy atom. The predicted octanol–water partition coefficient (Wildman–Crippen LogP) is 2.75. The van der Waals surface area contributed by atoms with Crippen LogP contribution in [0.25, 0.3) is 0 Å². The number of anilines is 2. The van der Waals surface area contributed by atoms with Gasteiger partial charge in [-0.3, -0.25) is 9.37 Å². The minimum atomic E-state index is -0.338. The second-order valence-corrected chi connectivity index (χ2v) is 5.15. The molecule has 2 aromatic carbocycles. The van der Waals surface area contributed by atoms with Crippen molar-refractivity contribution in [3.8, 4) is 5.75 Å². The summed E-state index contributed by atoms with van der Waals surface area (Å²) in [5, 5.41) is 15.7. The zero-order valence-corrected chi connectivity index (χ0v) is 12.9. The van der Waals surface area contributed by atoms with E-state index in [0.29, 0.717) is 5.69 Å². The largest absolute Gasteiger partial charge is 0.507 e. The van der Waals surface area contributed by atoms with Crippen molar-refractivity contribution in [2.24, 2.45) is 0 Å². The fraction of sp³-hybridized carbons (Fsp3) is 0.176. The first-order chi connectivity index (χ1) is 10.5. The van der Waals surface area contributed by atoms with Gasteiger partial charge in [-0.2, -0.15) is 0 Å². The van der Waals surface area contributed by atoms with Gasteiger partial charge in [-0.05, 0) is 36.4 Å². The van der Waals surface area contributed by atoms with Crippen molar-refractivity contribution in [3.63, 3.8) is 0 Å². The Hall–Kier alpha value is -2.82. The fourth-order valence-corrected chi connectivity index (χ4v) is 1.82. The molecule has 0 radical (unpaired) electrons. The molecule has 2 rings (SSSR count). The van der Waals surface area contributed by atoms with Crippen LogP contribution < -0.4 is 10.6 Å². The van der Waals surface area contributed by atoms with Gasteiger partial charge in [0, 0.05) is 12.6 Å². The molecule has 0 aliphatic carbocycles. The van der Waals surface area contributed by atoms with Crippen LogP contribution in [0.4, 0.5) is 11.4 Å². The van der Waals surface area contributed by atoms with Crippen molar-refractivity contribution in [1.29, 1.82) is 0 Å². The van der Waals surface area contributed by atoms with E-state index in [0.717, 1.165) is 11.5 Å². The summed E-state index contributed by atoms with van der Waals surface area (Å²) in [6, 6.07) is 13.8. The van der Waals surface area contributed by atoms with Crippen LogP contribution in [0.1, 0.15) is 17.3 Å².